The van der Waals surface area contributed by atoms with Crippen molar-refractivity contribution in [1.29, 1.82) is 0 Å². The summed E-state index contributed by atoms with van der Waals surface area (Å²) in [6.45, 7) is 3.27. The molecule has 1 rings (SSSR count). The Morgan fingerprint density at radius 2 is 1.74 bits per heavy atom. The smallest absolute Gasteiger partial charge is 0.303 e. The normalized spacial score (nSPS) is 11.8. The van der Waals surface area contributed by atoms with E-state index in [1.807, 2.05) is 38.2 Å². The average molecular weight is 285 g/mol. The predicted octanol–water partition coefficient (Wildman–Crippen LogP) is 1.22. The van der Waals surface area contributed by atoms with Gasteiger partial charge in [-0.05, 0) is 39.1 Å². The maximum absolute atomic E-state index is 12.3. The Bertz CT molecular complexity index is 485. The van der Waals surface area contributed by atoms with Gasteiger partial charge in [-0.25, -0.2) is 0 Å². The third kappa shape index (κ3) is 4.19. The molecule has 0 spiro atoms. The molecule has 0 aromatic heterocycles. The molecule has 0 amide bonds. The topological polar surface area (TPSA) is 52.7 Å². The van der Waals surface area contributed by atoms with Gasteiger partial charge in [0, 0.05) is 20.6 Å². The highest BCUT2D eigenvalue weighted by atomic mass is 32.2. The minimum atomic E-state index is -3.45. The highest BCUT2D eigenvalue weighted by Gasteiger charge is 2.23. The van der Waals surface area contributed by atoms with Crippen molar-refractivity contribution in [1.82, 2.24) is 9.62 Å². The van der Waals surface area contributed by atoms with Gasteiger partial charge in [-0.15, -0.1) is 0 Å². The summed E-state index contributed by atoms with van der Waals surface area (Å²) in [7, 11) is 1.59. The van der Waals surface area contributed by atoms with Crippen LogP contribution in [0.5, 0.6) is 0 Å². The van der Waals surface area contributed by atoms with Gasteiger partial charge in [0.05, 0.1) is 5.69 Å². The number of anilines is 1. The zero-order chi connectivity index (χ0) is 14.5. The van der Waals surface area contributed by atoms with Gasteiger partial charge < -0.3 is 5.32 Å². The number of nitrogens with one attached hydrogen (secondary N) is 1. The van der Waals surface area contributed by atoms with E-state index in [0.717, 1.165) is 18.5 Å². The Hall–Kier alpha value is -1.11. The first kappa shape index (κ1) is 15.9. The maximum atomic E-state index is 12.3. The summed E-state index contributed by atoms with van der Waals surface area (Å²) in [4.78, 5) is 0. The van der Waals surface area contributed by atoms with Crippen molar-refractivity contribution in [3.05, 3.63) is 29.8 Å². The van der Waals surface area contributed by atoms with E-state index >= 15 is 0 Å². The molecule has 6 heteroatoms. The molecular weight excluding hydrogens is 262 g/mol. The largest absolute Gasteiger partial charge is 0.320 e. The van der Waals surface area contributed by atoms with Crippen molar-refractivity contribution < 1.29 is 8.42 Å². The molecule has 0 saturated carbocycles. The second kappa shape index (κ2) is 6.88. The van der Waals surface area contributed by atoms with Crippen LogP contribution in [0.4, 0.5) is 5.69 Å². The summed E-state index contributed by atoms with van der Waals surface area (Å²) in [5.74, 6) is 0. The minimum Gasteiger partial charge on any atom is -0.320 e. The molecule has 0 unspecified atom stereocenters. The molecule has 5 nitrogen and oxygen atoms in total. The quantitative estimate of drug-likeness (QED) is 0.766. The molecule has 0 fully saturated rings. The lowest BCUT2D eigenvalue weighted by Gasteiger charge is -2.26. The molecular formula is C13H23N3O2S. The Morgan fingerprint density at radius 1 is 1.16 bits per heavy atom. The number of nitrogens with zero attached hydrogens (tertiary/aromatic N) is 2. The molecule has 0 aliphatic carbocycles. The molecule has 1 aromatic carbocycles. The summed E-state index contributed by atoms with van der Waals surface area (Å²) >= 11 is 0. The fourth-order valence-electron chi connectivity index (χ4n) is 1.69. The van der Waals surface area contributed by atoms with E-state index in [1.165, 1.54) is 8.61 Å². The molecule has 19 heavy (non-hydrogen) atoms. The molecule has 0 saturated heterocycles. The van der Waals surface area contributed by atoms with Crippen molar-refractivity contribution in [3.8, 4) is 0 Å². The van der Waals surface area contributed by atoms with E-state index in [4.69, 9.17) is 0 Å². The lowest BCUT2D eigenvalue weighted by Crippen LogP contribution is -2.40. The van der Waals surface area contributed by atoms with Crippen LogP contribution in [-0.2, 0) is 10.2 Å². The van der Waals surface area contributed by atoms with E-state index in [1.54, 1.807) is 14.1 Å². The monoisotopic (exact) mass is 285 g/mol. The summed E-state index contributed by atoms with van der Waals surface area (Å²) in [5, 5.41) is 3.01. The van der Waals surface area contributed by atoms with E-state index in [-0.39, 0.29) is 0 Å². The van der Waals surface area contributed by atoms with Crippen LogP contribution in [0.3, 0.4) is 0 Å². The predicted molar refractivity (Wildman–Crippen MR) is 79.7 cm³/mol. The van der Waals surface area contributed by atoms with E-state index < -0.39 is 10.2 Å². The summed E-state index contributed by atoms with van der Waals surface area (Å²) in [6, 6.07) is 7.44. The highest BCUT2D eigenvalue weighted by molar-refractivity contribution is 7.90. The van der Waals surface area contributed by atoms with Crippen LogP contribution in [0, 0.1) is 6.92 Å². The van der Waals surface area contributed by atoms with Gasteiger partial charge in [0.2, 0.25) is 0 Å². The van der Waals surface area contributed by atoms with E-state index in [2.05, 4.69) is 5.32 Å². The standard InChI is InChI=1S/C13H23N3O2S/c1-12-6-8-13(9-7-12)16(4)19(17,18)15(3)11-5-10-14-2/h6-9,14H,5,10-11H2,1-4H3. The number of benzene rings is 1. The first-order valence-electron chi connectivity index (χ1n) is 6.31. The number of aryl methyl sites for hydroxylation is 1. The van der Waals surface area contributed by atoms with Gasteiger partial charge in [0.1, 0.15) is 0 Å². The second-order valence-corrected chi connectivity index (χ2v) is 6.66. The third-order valence-corrected chi connectivity index (χ3v) is 4.91. The van der Waals surface area contributed by atoms with Crippen molar-refractivity contribution >= 4 is 15.9 Å². The van der Waals surface area contributed by atoms with Gasteiger partial charge in [0.15, 0.2) is 0 Å². The van der Waals surface area contributed by atoms with Crippen LogP contribution in [0.1, 0.15) is 12.0 Å². The summed E-state index contributed by atoms with van der Waals surface area (Å²) < 4.78 is 27.4. The number of rotatable bonds is 7. The summed E-state index contributed by atoms with van der Waals surface area (Å²) in [6.07, 6.45) is 0.786. The maximum Gasteiger partial charge on any atom is 0.303 e. The Kier molecular flexibility index (Phi) is 5.78. The van der Waals surface area contributed by atoms with Crippen LogP contribution >= 0.6 is 0 Å². The zero-order valence-corrected chi connectivity index (χ0v) is 12.9. The molecule has 0 atom stereocenters. The lowest BCUT2D eigenvalue weighted by molar-refractivity contribution is 0.457. The van der Waals surface area contributed by atoms with E-state index in [9.17, 15) is 8.42 Å². The second-order valence-electron chi connectivity index (χ2n) is 4.59. The molecule has 1 N–H and O–H groups in total. The Balaban J connectivity index is 2.78. The van der Waals surface area contributed by atoms with Crippen molar-refractivity contribution in [2.24, 2.45) is 0 Å². The highest BCUT2D eigenvalue weighted by Crippen LogP contribution is 2.18. The van der Waals surface area contributed by atoms with Crippen LogP contribution in [-0.4, -0.2) is 47.0 Å². The van der Waals surface area contributed by atoms with Crippen molar-refractivity contribution in [2.45, 2.75) is 13.3 Å². The molecule has 0 aliphatic heterocycles. The fourth-order valence-corrected chi connectivity index (χ4v) is 2.86. The Labute approximate surface area is 116 Å². The Morgan fingerprint density at radius 3 is 2.26 bits per heavy atom. The molecule has 0 aliphatic rings. The van der Waals surface area contributed by atoms with Gasteiger partial charge in [-0.1, -0.05) is 17.7 Å². The first-order chi connectivity index (χ1) is 8.89. The van der Waals surface area contributed by atoms with Crippen LogP contribution in [0.2, 0.25) is 0 Å². The van der Waals surface area contributed by atoms with Crippen LogP contribution in [0.25, 0.3) is 0 Å². The van der Waals surface area contributed by atoms with Crippen LogP contribution in [0.15, 0.2) is 24.3 Å². The molecule has 0 heterocycles. The average Bonchev–Trinajstić information content (AvgIpc) is 2.39. The lowest BCUT2D eigenvalue weighted by atomic mass is 10.2. The molecule has 0 bridgehead atoms. The summed E-state index contributed by atoms with van der Waals surface area (Å²) in [5.41, 5.74) is 1.78. The number of hydrogen-bond donors (Lipinski definition) is 1. The van der Waals surface area contributed by atoms with Crippen molar-refractivity contribution in [2.75, 3.05) is 38.5 Å². The van der Waals surface area contributed by atoms with Gasteiger partial charge in [-0.3, -0.25) is 4.31 Å². The fraction of sp³-hybridized carbons (Fsp3) is 0.538. The third-order valence-electron chi connectivity index (χ3n) is 3.04. The minimum absolute atomic E-state index is 0.499. The van der Waals surface area contributed by atoms with Gasteiger partial charge in [0.25, 0.3) is 0 Å². The van der Waals surface area contributed by atoms with Gasteiger partial charge in [-0.2, -0.15) is 12.7 Å². The van der Waals surface area contributed by atoms with Crippen molar-refractivity contribution in [3.63, 3.8) is 0 Å². The molecule has 0 radical (unpaired) electrons. The SMILES string of the molecule is CNCCCN(C)S(=O)(=O)N(C)c1ccc(C)cc1. The number of hydrogen-bond acceptors (Lipinski definition) is 3. The van der Waals surface area contributed by atoms with Crippen LogP contribution < -0.4 is 9.62 Å². The zero-order valence-electron chi connectivity index (χ0n) is 12.0. The first-order valence-corrected chi connectivity index (χ1v) is 7.70. The van der Waals surface area contributed by atoms with E-state index in [0.29, 0.717) is 12.2 Å². The molecule has 1 aromatic rings. The van der Waals surface area contributed by atoms with Gasteiger partial charge >= 0.3 is 10.2 Å². The molecule has 108 valence electrons.